The average molecular weight is 296 g/mol. The maximum atomic E-state index is 11.9. The standard InChI is InChI=1S/C13H22N4O.CH2O2/c1-5-16(9-11(2)3)13(18)15-8-12(4)17-7-6-14-10-17;2-1-3/h6-7,10,12H,2,5,8-9H2,1,3-4H3,(H,15,18);1H,(H,2,3). The molecule has 0 saturated heterocycles. The van der Waals surface area contributed by atoms with E-state index in [4.69, 9.17) is 9.90 Å². The molecule has 0 aliphatic heterocycles. The number of rotatable bonds is 6. The molecule has 0 bridgehead atoms. The van der Waals surface area contributed by atoms with Gasteiger partial charge in [-0.15, -0.1) is 0 Å². The van der Waals surface area contributed by atoms with Crippen molar-refractivity contribution < 1.29 is 14.7 Å². The zero-order chi connectivity index (χ0) is 16.3. The number of carboxylic acid groups (broad SMARTS) is 1. The maximum Gasteiger partial charge on any atom is 0.317 e. The van der Waals surface area contributed by atoms with Crippen molar-refractivity contribution in [2.45, 2.75) is 26.8 Å². The van der Waals surface area contributed by atoms with Crippen LogP contribution in [0.1, 0.15) is 26.8 Å². The fraction of sp³-hybridized carbons (Fsp3) is 0.500. The highest BCUT2D eigenvalue weighted by Crippen LogP contribution is 2.03. The van der Waals surface area contributed by atoms with E-state index in [1.54, 1.807) is 17.4 Å². The first-order chi connectivity index (χ1) is 9.96. The van der Waals surface area contributed by atoms with Gasteiger partial charge < -0.3 is 19.9 Å². The van der Waals surface area contributed by atoms with Crippen molar-refractivity contribution in [2.75, 3.05) is 19.6 Å². The van der Waals surface area contributed by atoms with Gasteiger partial charge >= 0.3 is 6.03 Å². The lowest BCUT2D eigenvalue weighted by Gasteiger charge is -2.23. The minimum Gasteiger partial charge on any atom is -0.483 e. The first-order valence-corrected chi connectivity index (χ1v) is 6.68. The van der Waals surface area contributed by atoms with Crippen LogP contribution >= 0.6 is 0 Å². The average Bonchev–Trinajstić information content (AvgIpc) is 2.96. The molecule has 21 heavy (non-hydrogen) atoms. The Balaban J connectivity index is 0.00000122. The van der Waals surface area contributed by atoms with Crippen molar-refractivity contribution in [1.29, 1.82) is 0 Å². The van der Waals surface area contributed by atoms with Crippen molar-refractivity contribution >= 4 is 12.5 Å². The second-order valence-electron chi connectivity index (χ2n) is 4.62. The quantitative estimate of drug-likeness (QED) is 0.618. The van der Waals surface area contributed by atoms with E-state index in [0.717, 1.165) is 5.57 Å². The molecule has 0 radical (unpaired) electrons. The van der Waals surface area contributed by atoms with Crippen molar-refractivity contribution in [3.8, 4) is 0 Å². The fourth-order valence-corrected chi connectivity index (χ4v) is 1.64. The lowest BCUT2D eigenvalue weighted by atomic mass is 10.3. The summed E-state index contributed by atoms with van der Waals surface area (Å²) in [6.45, 7) is 11.4. The highest BCUT2D eigenvalue weighted by atomic mass is 16.3. The van der Waals surface area contributed by atoms with Gasteiger partial charge in [-0.05, 0) is 20.8 Å². The van der Waals surface area contributed by atoms with Crippen molar-refractivity contribution in [1.82, 2.24) is 19.8 Å². The van der Waals surface area contributed by atoms with Crippen LogP contribution in [0.25, 0.3) is 0 Å². The smallest absolute Gasteiger partial charge is 0.317 e. The monoisotopic (exact) mass is 296 g/mol. The van der Waals surface area contributed by atoms with E-state index in [-0.39, 0.29) is 18.5 Å². The maximum absolute atomic E-state index is 11.9. The summed E-state index contributed by atoms with van der Waals surface area (Å²) >= 11 is 0. The molecule has 0 aliphatic carbocycles. The molecule has 2 amide bonds. The summed E-state index contributed by atoms with van der Waals surface area (Å²) in [5.41, 5.74) is 0.981. The lowest BCUT2D eigenvalue weighted by molar-refractivity contribution is -0.122. The molecule has 2 N–H and O–H groups in total. The van der Waals surface area contributed by atoms with Crippen molar-refractivity contribution in [2.24, 2.45) is 0 Å². The Bertz CT molecular complexity index is 431. The van der Waals surface area contributed by atoms with Gasteiger partial charge in [-0.25, -0.2) is 9.78 Å². The number of imidazole rings is 1. The molecule has 1 atom stereocenters. The van der Waals surface area contributed by atoms with Gasteiger partial charge in [0.15, 0.2) is 0 Å². The fourth-order valence-electron chi connectivity index (χ4n) is 1.64. The van der Waals surface area contributed by atoms with Crippen LogP contribution in [0.3, 0.4) is 0 Å². The van der Waals surface area contributed by atoms with Gasteiger partial charge in [-0.3, -0.25) is 4.79 Å². The van der Waals surface area contributed by atoms with Gasteiger partial charge in [0.1, 0.15) is 0 Å². The second kappa shape index (κ2) is 10.5. The minimum atomic E-state index is -0.250. The predicted octanol–water partition coefficient (Wildman–Crippen LogP) is 1.75. The molecular weight excluding hydrogens is 272 g/mol. The van der Waals surface area contributed by atoms with Crippen LogP contribution in [0.15, 0.2) is 30.9 Å². The molecule has 0 fully saturated rings. The number of nitrogens with zero attached hydrogens (tertiary/aromatic N) is 3. The topological polar surface area (TPSA) is 87.5 Å². The highest BCUT2D eigenvalue weighted by molar-refractivity contribution is 5.74. The van der Waals surface area contributed by atoms with E-state index in [1.165, 1.54) is 0 Å². The number of carbonyl (C=O) groups is 2. The predicted molar refractivity (Wildman–Crippen MR) is 81.1 cm³/mol. The molecule has 118 valence electrons. The lowest BCUT2D eigenvalue weighted by Crippen LogP contribution is -2.42. The van der Waals surface area contributed by atoms with E-state index in [0.29, 0.717) is 19.6 Å². The molecule has 0 spiro atoms. The normalized spacial score (nSPS) is 10.8. The van der Waals surface area contributed by atoms with Gasteiger partial charge in [0.05, 0.1) is 6.33 Å². The molecule has 1 aromatic rings. The number of likely N-dealkylation sites (N-methyl/N-ethyl adjacent to an activating group) is 1. The van der Waals surface area contributed by atoms with Gasteiger partial charge in [-0.1, -0.05) is 12.2 Å². The van der Waals surface area contributed by atoms with Crippen LogP contribution in [-0.4, -0.2) is 51.7 Å². The van der Waals surface area contributed by atoms with E-state index in [1.807, 2.05) is 31.5 Å². The van der Waals surface area contributed by atoms with E-state index in [2.05, 4.69) is 16.9 Å². The third-order valence-corrected chi connectivity index (χ3v) is 2.71. The number of urea groups is 1. The number of nitrogens with one attached hydrogen (secondary N) is 1. The third-order valence-electron chi connectivity index (χ3n) is 2.71. The molecular formula is C14H24N4O3. The Morgan fingerprint density at radius 2 is 2.24 bits per heavy atom. The summed E-state index contributed by atoms with van der Waals surface area (Å²) in [6.07, 6.45) is 5.38. The van der Waals surface area contributed by atoms with Gasteiger partial charge in [0.25, 0.3) is 6.47 Å². The third kappa shape index (κ3) is 7.76. The highest BCUT2D eigenvalue weighted by Gasteiger charge is 2.12. The summed E-state index contributed by atoms with van der Waals surface area (Å²) in [7, 11) is 0. The van der Waals surface area contributed by atoms with Crippen LogP contribution in [0, 0.1) is 0 Å². The summed E-state index contributed by atoms with van der Waals surface area (Å²) < 4.78 is 1.97. The number of hydrogen-bond donors (Lipinski definition) is 2. The van der Waals surface area contributed by atoms with Crippen LogP contribution in [0.2, 0.25) is 0 Å². The van der Waals surface area contributed by atoms with E-state index >= 15 is 0 Å². The summed E-state index contributed by atoms with van der Waals surface area (Å²) in [4.78, 5) is 26.0. The summed E-state index contributed by atoms with van der Waals surface area (Å²) in [6, 6.07) is 0.146. The molecule has 7 heteroatoms. The molecule has 1 unspecified atom stereocenters. The van der Waals surface area contributed by atoms with Crippen LogP contribution in [0.5, 0.6) is 0 Å². The van der Waals surface area contributed by atoms with Crippen molar-refractivity contribution in [3.63, 3.8) is 0 Å². The Hall–Kier alpha value is -2.31. The van der Waals surface area contributed by atoms with Crippen LogP contribution in [0.4, 0.5) is 4.79 Å². The molecule has 0 aliphatic rings. The van der Waals surface area contributed by atoms with Crippen molar-refractivity contribution in [3.05, 3.63) is 30.9 Å². The minimum absolute atomic E-state index is 0.0486. The zero-order valence-corrected chi connectivity index (χ0v) is 12.8. The zero-order valence-electron chi connectivity index (χ0n) is 12.8. The van der Waals surface area contributed by atoms with Gasteiger partial charge in [-0.2, -0.15) is 0 Å². The Morgan fingerprint density at radius 1 is 1.62 bits per heavy atom. The van der Waals surface area contributed by atoms with E-state index in [9.17, 15) is 4.79 Å². The Morgan fingerprint density at radius 3 is 2.67 bits per heavy atom. The number of carbonyl (C=O) groups excluding carboxylic acids is 1. The summed E-state index contributed by atoms with van der Waals surface area (Å²) in [5, 5.41) is 9.81. The largest absolute Gasteiger partial charge is 0.483 e. The number of hydrogen-bond acceptors (Lipinski definition) is 3. The van der Waals surface area contributed by atoms with Crippen LogP contribution < -0.4 is 5.32 Å². The SMILES string of the molecule is C=C(C)CN(CC)C(=O)NCC(C)n1ccnc1.O=CO. The van der Waals surface area contributed by atoms with Gasteiger partial charge in [0, 0.05) is 38.1 Å². The molecule has 1 aromatic heterocycles. The molecule has 0 saturated carbocycles. The Labute approximate surface area is 125 Å². The molecule has 1 rings (SSSR count). The second-order valence-corrected chi connectivity index (χ2v) is 4.62. The summed E-state index contributed by atoms with van der Waals surface area (Å²) in [5.74, 6) is 0. The van der Waals surface area contributed by atoms with Crippen LogP contribution in [-0.2, 0) is 4.79 Å². The van der Waals surface area contributed by atoms with Gasteiger partial charge in [0.2, 0.25) is 0 Å². The molecule has 1 heterocycles. The molecule has 0 aromatic carbocycles. The Kier molecular flexibility index (Phi) is 9.32. The first kappa shape index (κ1) is 18.7. The first-order valence-electron chi connectivity index (χ1n) is 6.68. The van der Waals surface area contributed by atoms with E-state index < -0.39 is 0 Å². The molecule has 7 nitrogen and oxygen atoms in total. The number of aromatic nitrogens is 2. The number of amides is 2.